The Hall–Kier alpha value is -1.97. The predicted molar refractivity (Wildman–Crippen MR) is 132 cm³/mol. The van der Waals surface area contributed by atoms with Crippen molar-refractivity contribution in [1.82, 2.24) is 15.8 Å². The molecule has 30 heavy (non-hydrogen) atoms. The average Bonchev–Trinajstić information content (AvgIpc) is 3.22. The zero-order chi connectivity index (χ0) is 20.6. The highest BCUT2D eigenvalue weighted by Crippen LogP contribution is 2.24. The Kier molecular flexibility index (Phi) is 9.74. The van der Waals surface area contributed by atoms with E-state index in [-0.39, 0.29) is 24.0 Å². The fraction of sp³-hybridized carbons (Fsp3) is 0.545. The summed E-state index contributed by atoms with van der Waals surface area (Å²) in [4.78, 5) is 7.10. The second-order valence-corrected chi connectivity index (χ2v) is 7.70. The number of guanidine groups is 1. The molecule has 1 aromatic heterocycles. The molecule has 2 aromatic rings. The zero-order valence-corrected chi connectivity index (χ0v) is 20.7. The lowest BCUT2D eigenvalue weighted by atomic mass is 10.0. The number of methoxy groups -OCH3 is 1. The van der Waals surface area contributed by atoms with Crippen LogP contribution in [0.2, 0.25) is 0 Å². The first-order chi connectivity index (χ1) is 14.1. The standard InChI is InChI=1S/C22H33N5O2.HI/c1-5-23-22(24-14-20-13-21(16(2)3)26-29-20)25-17-8-7-11-27(15-17)18-9-6-10-19(12-18)28-4;/h6,9-10,12-13,16-17H,5,7-8,11,14-15H2,1-4H3,(H2,23,24,25);1H. The molecule has 2 heterocycles. The van der Waals surface area contributed by atoms with Gasteiger partial charge in [0.25, 0.3) is 0 Å². The third kappa shape index (κ3) is 6.78. The van der Waals surface area contributed by atoms with E-state index < -0.39 is 0 Å². The Labute approximate surface area is 196 Å². The first kappa shape index (κ1) is 24.3. The van der Waals surface area contributed by atoms with Crippen molar-refractivity contribution in [2.45, 2.75) is 52.1 Å². The van der Waals surface area contributed by atoms with Gasteiger partial charge >= 0.3 is 0 Å². The van der Waals surface area contributed by atoms with Crippen molar-refractivity contribution in [2.75, 3.05) is 31.6 Å². The Morgan fingerprint density at radius 1 is 1.37 bits per heavy atom. The number of halogens is 1. The molecule has 1 aliphatic heterocycles. The van der Waals surface area contributed by atoms with Gasteiger partial charge in [0.1, 0.15) is 12.3 Å². The largest absolute Gasteiger partial charge is 0.497 e. The van der Waals surface area contributed by atoms with Crippen molar-refractivity contribution >= 4 is 35.6 Å². The molecule has 1 fully saturated rings. The van der Waals surface area contributed by atoms with Crippen LogP contribution >= 0.6 is 24.0 Å². The van der Waals surface area contributed by atoms with E-state index in [0.29, 0.717) is 18.5 Å². The fourth-order valence-electron chi connectivity index (χ4n) is 3.48. The average molecular weight is 527 g/mol. The SMILES string of the molecule is CCNC(=NCc1cc(C(C)C)no1)NC1CCCN(c2cccc(OC)c2)C1.I. The van der Waals surface area contributed by atoms with Crippen LogP contribution in [0.5, 0.6) is 5.75 Å². The van der Waals surface area contributed by atoms with Gasteiger partial charge in [0.2, 0.25) is 0 Å². The smallest absolute Gasteiger partial charge is 0.191 e. The van der Waals surface area contributed by atoms with Crippen molar-refractivity contribution in [3.8, 4) is 5.75 Å². The van der Waals surface area contributed by atoms with E-state index in [9.17, 15) is 0 Å². The molecule has 0 amide bonds. The van der Waals surface area contributed by atoms with Crippen LogP contribution in [0.15, 0.2) is 39.8 Å². The van der Waals surface area contributed by atoms with Gasteiger partial charge in [-0.25, -0.2) is 4.99 Å². The molecular weight excluding hydrogens is 493 g/mol. The number of ether oxygens (including phenoxy) is 1. The lowest BCUT2D eigenvalue weighted by Gasteiger charge is -2.35. The summed E-state index contributed by atoms with van der Waals surface area (Å²) in [7, 11) is 1.71. The van der Waals surface area contributed by atoms with Gasteiger partial charge in [-0.2, -0.15) is 0 Å². The van der Waals surface area contributed by atoms with Crippen LogP contribution in [0, 0.1) is 0 Å². The number of aromatic nitrogens is 1. The molecule has 0 saturated carbocycles. The maximum Gasteiger partial charge on any atom is 0.191 e. The number of anilines is 1. The summed E-state index contributed by atoms with van der Waals surface area (Å²) in [5, 5.41) is 11.0. The van der Waals surface area contributed by atoms with E-state index in [0.717, 1.165) is 55.6 Å². The number of benzene rings is 1. The molecule has 1 aromatic carbocycles. The van der Waals surface area contributed by atoms with Gasteiger partial charge in [-0.05, 0) is 37.8 Å². The van der Waals surface area contributed by atoms with Gasteiger partial charge in [-0.1, -0.05) is 25.1 Å². The Balaban J connectivity index is 0.00000320. The molecule has 8 heteroatoms. The monoisotopic (exact) mass is 527 g/mol. The Bertz CT molecular complexity index is 808. The molecule has 7 nitrogen and oxygen atoms in total. The molecule has 1 unspecified atom stereocenters. The normalized spacial score (nSPS) is 16.9. The van der Waals surface area contributed by atoms with Gasteiger partial charge in [0.15, 0.2) is 11.7 Å². The minimum Gasteiger partial charge on any atom is -0.497 e. The van der Waals surface area contributed by atoms with Crippen LogP contribution in [0.25, 0.3) is 0 Å². The number of rotatable bonds is 7. The molecule has 1 saturated heterocycles. The molecule has 0 radical (unpaired) electrons. The van der Waals surface area contributed by atoms with Crippen molar-refractivity contribution in [3.05, 3.63) is 41.8 Å². The second-order valence-electron chi connectivity index (χ2n) is 7.70. The van der Waals surface area contributed by atoms with E-state index in [4.69, 9.17) is 14.3 Å². The summed E-state index contributed by atoms with van der Waals surface area (Å²) in [5.41, 5.74) is 2.16. The highest BCUT2D eigenvalue weighted by Gasteiger charge is 2.21. The summed E-state index contributed by atoms with van der Waals surface area (Å²) in [5.74, 6) is 2.84. The molecule has 0 aliphatic carbocycles. The fourth-order valence-corrected chi connectivity index (χ4v) is 3.48. The van der Waals surface area contributed by atoms with Crippen molar-refractivity contribution in [3.63, 3.8) is 0 Å². The van der Waals surface area contributed by atoms with Gasteiger partial charge in [0, 0.05) is 43.5 Å². The van der Waals surface area contributed by atoms with Gasteiger partial charge in [-0.15, -0.1) is 24.0 Å². The summed E-state index contributed by atoms with van der Waals surface area (Å²) in [6.07, 6.45) is 2.25. The minimum atomic E-state index is 0. The van der Waals surface area contributed by atoms with Crippen LogP contribution < -0.4 is 20.3 Å². The lowest BCUT2D eigenvalue weighted by Crippen LogP contribution is -2.51. The van der Waals surface area contributed by atoms with E-state index in [2.05, 4.69) is 53.6 Å². The van der Waals surface area contributed by atoms with Crippen LogP contribution in [0.3, 0.4) is 0 Å². The highest BCUT2D eigenvalue weighted by atomic mass is 127. The van der Waals surface area contributed by atoms with Crippen LogP contribution in [-0.2, 0) is 6.54 Å². The van der Waals surface area contributed by atoms with Crippen molar-refractivity contribution in [1.29, 1.82) is 0 Å². The van der Waals surface area contributed by atoms with Gasteiger partial charge < -0.3 is 24.8 Å². The maximum atomic E-state index is 5.41. The summed E-state index contributed by atoms with van der Waals surface area (Å²) in [6, 6.07) is 10.6. The second kappa shape index (κ2) is 12.0. The highest BCUT2D eigenvalue weighted by molar-refractivity contribution is 14.0. The number of nitrogens with one attached hydrogen (secondary N) is 2. The number of aliphatic imine (C=N–C) groups is 1. The van der Waals surface area contributed by atoms with Crippen LogP contribution in [0.4, 0.5) is 5.69 Å². The predicted octanol–water partition coefficient (Wildman–Crippen LogP) is 4.15. The molecule has 1 aliphatic rings. The van der Waals surface area contributed by atoms with E-state index in [1.165, 1.54) is 5.69 Å². The Morgan fingerprint density at radius 2 is 2.20 bits per heavy atom. The maximum absolute atomic E-state index is 5.41. The Morgan fingerprint density at radius 3 is 2.90 bits per heavy atom. The molecule has 0 spiro atoms. The van der Waals surface area contributed by atoms with Gasteiger partial charge in [-0.3, -0.25) is 0 Å². The van der Waals surface area contributed by atoms with Crippen molar-refractivity contribution < 1.29 is 9.26 Å². The minimum absolute atomic E-state index is 0. The lowest BCUT2D eigenvalue weighted by molar-refractivity contribution is 0.376. The zero-order valence-electron chi connectivity index (χ0n) is 18.4. The number of piperidine rings is 1. The van der Waals surface area contributed by atoms with Gasteiger partial charge in [0.05, 0.1) is 12.8 Å². The first-order valence-corrected chi connectivity index (χ1v) is 10.5. The van der Waals surface area contributed by atoms with Crippen LogP contribution in [-0.4, -0.2) is 43.9 Å². The summed E-state index contributed by atoms with van der Waals surface area (Å²) in [6.45, 7) is 9.55. The molecule has 3 rings (SSSR count). The van der Waals surface area contributed by atoms with E-state index >= 15 is 0 Å². The van der Waals surface area contributed by atoms with Crippen LogP contribution in [0.1, 0.15) is 51.0 Å². The molecule has 166 valence electrons. The number of nitrogens with zero attached hydrogens (tertiary/aromatic N) is 3. The van der Waals surface area contributed by atoms with E-state index in [1.54, 1.807) is 7.11 Å². The first-order valence-electron chi connectivity index (χ1n) is 10.5. The molecule has 1 atom stereocenters. The summed E-state index contributed by atoms with van der Waals surface area (Å²) < 4.78 is 10.8. The summed E-state index contributed by atoms with van der Waals surface area (Å²) >= 11 is 0. The topological polar surface area (TPSA) is 74.9 Å². The number of hydrogen-bond acceptors (Lipinski definition) is 5. The number of hydrogen-bond donors (Lipinski definition) is 2. The molecule has 2 N–H and O–H groups in total. The third-order valence-corrected chi connectivity index (χ3v) is 5.09. The molecule has 0 bridgehead atoms. The van der Waals surface area contributed by atoms with Crippen molar-refractivity contribution in [2.24, 2.45) is 4.99 Å². The quantitative estimate of drug-likeness (QED) is 0.320. The third-order valence-electron chi connectivity index (χ3n) is 5.09. The molecular formula is C22H34IN5O2. The van der Waals surface area contributed by atoms with E-state index in [1.807, 2.05) is 18.2 Å².